The van der Waals surface area contributed by atoms with Gasteiger partial charge in [0.1, 0.15) is 0 Å². The zero-order valence-electron chi connectivity index (χ0n) is 12.8. The maximum absolute atomic E-state index is 10.7. The summed E-state index contributed by atoms with van der Waals surface area (Å²) in [6.07, 6.45) is 3.35. The summed E-state index contributed by atoms with van der Waals surface area (Å²) in [6, 6.07) is 3.29. The summed E-state index contributed by atoms with van der Waals surface area (Å²) in [7, 11) is 1.52. The highest BCUT2D eigenvalue weighted by Gasteiger charge is 2.14. The van der Waals surface area contributed by atoms with Gasteiger partial charge in [-0.2, -0.15) is 0 Å². The van der Waals surface area contributed by atoms with E-state index in [0.29, 0.717) is 28.7 Å². The number of benzene rings is 1. The molecule has 0 aliphatic carbocycles. The van der Waals surface area contributed by atoms with Gasteiger partial charge in [-0.1, -0.05) is 32.4 Å². The van der Waals surface area contributed by atoms with Crippen molar-refractivity contribution in [3.63, 3.8) is 0 Å². The third-order valence-corrected chi connectivity index (χ3v) is 2.99. The lowest BCUT2D eigenvalue weighted by atomic mass is 9.93. The van der Waals surface area contributed by atoms with Crippen molar-refractivity contribution >= 4 is 23.6 Å². The molecule has 0 heterocycles. The van der Waals surface area contributed by atoms with Crippen molar-refractivity contribution in [2.45, 2.75) is 27.2 Å². The third-order valence-electron chi connectivity index (χ3n) is 2.77. The van der Waals surface area contributed by atoms with E-state index in [1.807, 2.05) is 0 Å². The molecule has 1 N–H and O–H groups in total. The number of carbonyl (C=O) groups is 1. The van der Waals surface area contributed by atoms with Gasteiger partial charge >= 0.3 is 5.97 Å². The molecule has 116 valence electrons. The zero-order valence-corrected chi connectivity index (χ0v) is 13.5. The summed E-state index contributed by atoms with van der Waals surface area (Å²) in [4.78, 5) is 10.7. The Hall–Kier alpha value is -1.68. The minimum atomic E-state index is -1.03. The molecule has 4 nitrogen and oxygen atoms in total. The van der Waals surface area contributed by atoms with Crippen LogP contribution >= 0.6 is 11.6 Å². The molecule has 1 aromatic rings. The van der Waals surface area contributed by atoms with Crippen molar-refractivity contribution in [1.82, 2.24) is 0 Å². The molecule has 0 aromatic heterocycles. The molecular weight excluding hydrogens is 292 g/mol. The Balaban J connectivity index is 3.04. The number of rotatable bonds is 6. The Kier molecular flexibility index (Phi) is 6.09. The SMILES string of the molecule is COc1cc(Cl)cc(/C=C/C(=O)O)c1OCCC(C)(C)C. The normalized spacial score (nSPS) is 11.7. The fourth-order valence-corrected chi connectivity index (χ4v) is 1.86. The fraction of sp³-hybridized carbons (Fsp3) is 0.438. The molecule has 0 radical (unpaired) electrons. The molecule has 0 amide bonds. The quantitative estimate of drug-likeness (QED) is 0.797. The number of hydrogen-bond donors (Lipinski definition) is 1. The summed E-state index contributed by atoms with van der Waals surface area (Å²) < 4.78 is 11.1. The topological polar surface area (TPSA) is 55.8 Å². The highest BCUT2D eigenvalue weighted by molar-refractivity contribution is 6.31. The van der Waals surface area contributed by atoms with Gasteiger partial charge in [-0.15, -0.1) is 0 Å². The smallest absolute Gasteiger partial charge is 0.328 e. The lowest BCUT2D eigenvalue weighted by Crippen LogP contribution is -2.12. The van der Waals surface area contributed by atoms with E-state index >= 15 is 0 Å². The Morgan fingerprint density at radius 1 is 1.38 bits per heavy atom. The lowest BCUT2D eigenvalue weighted by molar-refractivity contribution is -0.131. The number of carboxylic acid groups (broad SMARTS) is 1. The molecule has 0 saturated carbocycles. The molecular formula is C16H21ClO4. The molecule has 0 saturated heterocycles. The van der Waals surface area contributed by atoms with Crippen LogP contribution in [0.15, 0.2) is 18.2 Å². The molecule has 0 bridgehead atoms. The van der Waals surface area contributed by atoms with E-state index in [4.69, 9.17) is 26.2 Å². The monoisotopic (exact) mass is 312 g/mol. The van der Waals surface area contributed by atoms with Crippen LogP contribution in [0.25, 0.3) is 6.08 Å². The molecule has 1 aromatic carbocycles. The van der Waals surface area contributed by atoms with Gasteiger partial charge in [0.2, 0.25) is 0 Å². The van der Waals surface area contributed by atoms with Gasteiger partial charge < -0.3 is 14.6 Å². The number of aliphatic carboxylic acids is 1. The predicted octanol–water partition coefficient (Wildman–Crippen LogP) is 4.26. The van der Waals surface area contributed by atoms with Gasteiger partial charge in [0.25, 0.3) is 0 Å². The maximum atomic E-state index is 10.7. The third kappa shape index (κ3) is 6.08. The summed E-state index contributed by atoms with van der Waals surface area (Å²) in [6.45, 7) is 6.89. The van der Waals surface area contributed by atoms with Gasteiger partial charge in [0.15, 0.2) is 11.5 Å². The van der Waals surface area contributed by atoms with Crippen molar-refractivity contribution in [2.75, 3.05) is 13.7 Å². The van der Waals surface area contributed by atoms with Gasteiger partial charge in [-0.05, 0) is 24.0 Å². The first-order valence-corrected chi connectivity index (χ1v) is 7.02. The van der Waals surface area contributed by atoms with Crippen LogP contribution in [0.2, 0.25) is 5.02 Å². The number of methoxy groups -OCH3 is 1. The van der Waals surface area contributed by atoms with Crippen LogP contribution in [-0.4, -0.2) is 24.8 Å². The summed E-state index contributed by atoms with van der Waals surface area (Å²) >= 11 is 6.01. The van der Waals surface area contributed by atoms with Crippen LogP contribution in [-0.2, 0) is 4.79 Å². The van der Waals surface area contributed by atoms with E-state index in [2.05, 4.69) is 20.8 Å². The van der Waals surface area contributed by atoms with E-state index < -0.39 is 5.97 Å². The van der Waals surface area contributed by atoms with Gasteiger partial charge in [-0.3, -0.25) is 0 Å². The molecule has 0 fully saturated rings. The van der Waals surface area contributed by atoms with Crippen molar-refractivity contribution in [3.8, 4) is 11.5 Å². The summed E-state index contributed by atoms with van der Waals surface area (Å²) in [5.41, 5.74) is 0.729. The minimum absolute atomic E-state index is 0.150. The number of hydrogen-bond acceptors (Lipinski definition) is 3. The van der Waals surface area contributed by atoms with Gasteiger partial charge in [0, 0.05) is 22.7 Å². The molecule has 0 spiro atoms. The Morgan fingerprint density at radius 3 is 2.57 bits per heavy atom. The maximum Gasteiger partial charge on any atom is 0.328 e. The van der Waals surface area contributed by atoms with E-state index in [1.165, 1.54) is 13.2 Å². The lowest BCUT2D eigenvalue weighted by Gasteiger charge is -2.20. The van der Waals surface area contributed by atoms with E-state index in [-0.39, 0.29) is 5.41 Å². The Bertz CT molecular complexity index is 530. The van der Waals surface area contributed by atoms with E-state index in [0.717, 1.165) is 12.5 Å². The first kappa shape index (κ1) is 17.4. The second-order valence-corrected chi connectivity index (χ2v) is 6.29. The molecule has 1 rings (SSSR count). The molecule has 21 heavy (non-hydrogen) atoms. The zero-order chi connectivity index (χ0) is 16.0. The second kappa shape index (κ2) is 7.36. The van der Waals surface area contributed by atoms with Crippen LogP contribution in [0.5, 0.6) is 11.5 Å². The van der Waals surface area contributed by atoms with Crippen molar-refractivity contribution in [3.05, 3.63) is 28.8 Å². The average Bonchev–Trinajstić information content (AvgIpc) is 2.36. The van der Waals surface area contributed by atoms with Crippen molar-refractivity contribution in [1.29, 1.82) is 0 Å². The Morgan fingerprint density at radius 2 is 2.05 bits per heavy atom. The van der Waals surface area contributed by atoms with Gasteiger partial charge in [0.05, 0.1) is 13.7 Å². The van der Waals surface area contributed by atoms with E-state index in [9.17, 15) is 4.79 Å². The number of ether oxygens (including phenoxy) is 2. The molecule has 0 atom stereocenters. The summed E-state index contributed by atoms with van der Waals surface area (Å²) in [5.74, 6) is -0.0420. The first-order chi connectivity index (χ1) is 9.73. The minimum Gasteiger partial charge on any atom is -0.493 e. The standard InChI is InChI=1S/C16H21ClO4/c1-16(2,3)7-8-21-15-11(5-6-14(18)19)9-12(17)10-13(15)20-4/h5-6,9-10H,7-8H2,1-4H3,(H,18,19)/b6-5+. The van der Waals surface area contributed by atoms with Crippen LogP contribution < -0.4 is 9.47 Å². The highest BCUT2D eigenvalue weighted by atomic mass is 35.5. The molecule has 0 aliphatic heterocycles. The number of halogens is 1. The van der Waals surface area contributed by atoms with Crippen LogP contribution in [0.1, 0.15) is 32.8 Å². The first-order valence-electron chi connectivity index (χ1n) is 6.64. The van der Waals surface area contributed by atoms with Crippen LogP contribution in [0.3, 0.4) is 0 Å². The predicted molar refractivity (Wildman–Crippen MR) is 84.2 cm³/mol. The summed E-state index contributed by atoms with van der Waals surface area (Å²) in [5, 5.41) is 9.21. The average molecular weight is 313 g/mol. The number of carboxylic acids is 1. The molecule has 0 aliphatic rings. The van der Waals surface area contributed by atoms with Gasteiger partial charge in [-0.25, -0.2) is 4.79 Å². The largest absolute Gasteiger partial charge is 0.493 e. The molecule has 5 heteroatoms. The second-order valence-electron chi connectivity index (χ2n) is 5.86. The van der Waals surface area contributed by atoms with Crippen LogP contribution in [0, 0.1) is 5.41 Å². The Labute approximate surface area is 130 Å². The van der Waals surface area contributed by atoms with Crippen molar-refractivity contribution < 1.29 is 19.4 Å². The van der Waals surface area contributed by atoms with Crippen molar-refractivity contribution in [2.24, 2.45) is 5.41 Å². The molecule has 0 unspecified atom stereocenters. The highest BCUT2D eigenvalue weighted by Crippen LogP contribution is 2.36. The van der Waals surface area contributed by atoms with Crippen LogP contribution in [0.4, 0.5) is 0 Å². The van der Waals surface area contributed by atoms with E-state index in [1.54, 1.807) is 12.1 Å². The fourth-order valence-electron chi connectivity index (χ4n) is 1.64.